The average Bonchev–Trinajstić information content (AvgIpc) is 1.65. The first-order valence-corrected chi connectivity index (χ1v) is 16.8. The van der Waals surface area contributed by atoms with Crippen LogP contribution in [0.1, 0.15) is 43.9 Å². The number of pyridine rings is 2. The third kappa shape index (κ3) is 4.86. The Balaban J connectivity index is 1.40. The maximum atomic E-state index is 10.2. The van der Waals surface area contributed by atoms with Crippen LogP contribution in [0.4, 0.5) is 0 Å². The molecule has 0 fully saturated rings. The molecule has 0 radical (unpaired) electrons. The van der Waals surface area contributed by atoms with Crippen LogP contribution < -0.4 is 0 Å². The summed E-state index contributed by atoms with van der Waals surface area (Å²) in [7, 11) is 0. The van der Waals surface area contributed by atoms with Crippen LogP contribution in [-0.4, -0.2) is 9.97 Å². The molecule has 3 heteroatoms. The molecule has 0 amide bonds. The highest BCUT2D eigenvalue weighted by molar-refractivity contribution is 6.26. The van der Waals surface area contributed by atoms with Gasteiger partial charge in [0, 0.05) is 44.8 Å². The number of rotatable bonds is 5. The molecule has 0 aliphatic carbocycles. The normalized spacial score (nSPS) is 19.7. The van der Waals surface area contributed by atoms with Crippen LogP contribution in [0, 0.1) is 0 Å². The van der Waals surface area contributed by atoms with Gasteiger partial charge in [-0.15, -0.1) is 0 Å². The molecule has 0 saturated carbocycles. The van der Waals surface area contributed by atoms with E-state index in [2.05, 4.69) is 9.97 Å². The van der Waals surface area contributed by atoms with Crippen molar-refractivity contribution in [1.29, 1.82) is 0 Å². The highest BCUT2D eigenvalue weighted by Gasteiger charge is 2.28. The molecular formula is C54H32N2O. The van der Waals surface area contributed by atoms with Crippen molar-refractivity contribution in [2.45, 2.75) is 0 Å². The number of furan rings is 1. The van der Waals surface area contributed by atoms with Crippen LogP contribution in [0.3, 0.4) is 0 Å². The van der Waals surface area contributed by atoms with Gasteiger partial charge in [-0.1, -0.05) is 169 Å². The monoisotopic (exact) mass is 756 g/mol. The summed E-state index contributed by atoms with van der Waals surface area (Å²) in [5.41, 5.74) is -8.75. The van der Waals surface area contributed by atoms with E-state index in [0.29, 0.717) is 0 Å². The van der Waals surface area contributed by atoms with Crippen molar-refractivity contribution in [3.8, 4) is 56.2 Å². The summed E-state index contributed by atoms with van der Waals surface area (Å²) in [6.07, 6.45) is -0.832. The largest absolute Gasteiger partial charge is 0.455 e. The van der Waals surface area contributed by atoms with Crippen molar-refractivity contribution in [1.82, 2.24) is 9.97 Å². The molecule has 0 unspecified atom stereocenters. The number of hydrogen-bond acceptors (Lipinski definition) is 3. The minimum atomic E-state index is -1.25. The Morgan fingerprint density at radius 3 is 1.74 bits per heavy atom. The molecule has 0 bridgehead atoms. The molecule has 12 aromatic rings. The molecule has 0 aliphatic rings. The third-order valence-electron chi connectivity index (χ3n) is 9.36. The molecule has 9 aromatic carbocycles. The van der Waals surface area contributed by atoms with Gasteiger partial charge >= 0.3 is 0 Å². The van der Waals surface area contributed by atoms with E-state index in [1.165, 1.54) is 0 Å². The minimum Gasteiger partial charge on any atom is -0.455 e. The molecule has 3 nitrogen and oxygen atoms in total. The van der Waals surface area contributed by atoms with E-state index in [9.17, 15) is 20.6 Å². The Kier molecular flexibility index (Phi) is 2.96. The van der Waals surface area contributed by atoms with Crippen LogP contribution in [0.2, 0.25) is 0 Å². The quantitative estimate of drug-likeness (QED) is 0.164. The predicted octanol–water partition coefficient (Wildman–Crippen LogP) is 14.8. The number of aromatic nitrogens is 2. The van der Waals surface area contributed by atoms with Gasteiger partial charge in [0.05, 0.1) is 60.6 Å². The Hall–Kier alpha value is -7.62. The second-order valence-electron chi connectivity index (χ2n) is 12.4. The molecule has 0 aliphatic heterocycles. The van der Waals surface area contributed by atoms with E-state index in [-0.39, 0.29) is 0 Å². The van der Waals surface area contributed by atoms with Crippen LogP contribution >= 0.6 is 0 Å². The van der Waals surface area contributed by atoms with Gasteiger partial charge in [-0.3, -0.25) is 4.98 Å². The predicted molar refractivity (Wildman–Crippen MR) is 238 cm³/mol. The molecule has 3 aromatic heterocycles. The van der Waals surface area contributed by atoms with Crippen LogP contribution in [0.25, 0.3) is 121 Å². The van der Waals surface area contributed by atoms with Crippen molar-refractivity contribution < 1.29 is 48.3 Å². The first-order valence-electron chi connectivity index (χ1n) is 32.8. The number of fused-ring (bicyclic) bond motifs is 4. The summed E-state index contributed by atoms with van der Waals surface area (Å²) in [6, 6.07) is -31.1. The van der Waals surface area contributed by atoms with Crippen molar-refractivity contribution >= 4 is 64.9 Å². The zero-order valence-electron chi connectivity index (χ0n) is 60.3. The Labute approximate surface area is 373 Å². The van der Waals surface area contributed by atoms with E-state index in [1.807, 2.05) is 0 Å². The van der Waals surface area contributed by atoms with Crippen LogP contribution in [0.15, 0.2) is 198 Å². The summed E-state index contributed by atoms with van der Waals surface area (Å²) in [4.78, 5) is 8.54. The lowest BCUT2D eigenvalue weighted by molar-refractivity contribution is 0.599. The van der Waals surface area contributed by atoms with Crippen molar-refractivity contribution in [3.05, 3.63) is 193 Å². The average molecular weight is 757 g/mol. The summed E-state index contributed by atoms with van der Waals surface area (Å²) < 4.78 is 300. The summed E-state index contributed by atoms with van der Waals surface area (Å²) >= 11 is 0. The highest BCUT2D eigenvalue weighted by Crippen LogP contribution is 2.52. The second-order valence-corrected chi connectivity index (χ2v) is 12.4. The first kappa shape index (κ1) is 13.5. The number of nitrogens with zero attached hydrogens (tertiary/aromatic N) is 2. The van der Waals surface area contributed by atoms with Gasteiger partial charge in [-0.05, 0) is 72.3 Å². The molecule has 0 atom stereocenters. The Bertz CT molecular complexity index is 5330. The Morgan fingerprint density at radius 2 is 0.947 bits per heavy atom. The van der Waals surface area contributed by atoms with Gasteiger partial charge < -0.3 is 4.42 Å². The molecule has 0 saturated heterocycles. The zero-order valence-corrected chi connectivity index (χ0v) is 28.3. The standard InChI is InChI=1S/C54H32N2O/c1-3-11-33(12-4-1)49-50(43-30-29-42(40-18-7-8-19-41(40)43)46-31-26-38-23-22-37-17-10-32-55-51(37)52(38)56-46)53(39-13-5-2-6-14-39)57-54(49)45-28-25-36-21-20-34-15-9-16-35-24-27-44(45)48(36)47(34)35/h1-32H/i1D,2D,3D,4D,5D,6D,7D,8D,9D,10D,11D,12D,13D,14D,15D,16D,17D,18D,19D,20D,21D,22D,23D,24D,25D,26D,27D,28D,29D,30D,31D,32D. The maximum Gasteiger partial charge on any atom is 0.143 e. The topological polar surface area (TPSA) is 38.9 Å². The zero-order chi connectivity index (χ0) is 65.3. The second kappa shape index (κ2) is 12.5. The SMILES string of the molecule is [2H]c1nc2c(c([2H])c1[2H])c([2H])c([2H])c1c([2H])c([2H])c(-c3c([2H])c([2H])c(-c4c(-c5c([2H])c([2H])c([2H])c([2H])c5[2H])oc(-c5c([2H])c([2H])c6c([2H])c([2H])c7c([2H])c([2H])c([2H])c8c([2H])c([2H])c5c6c78)c4-c4c([2H])c([2H])c([2H])c([2H])c4[2H])c4c([2H])c([2H])c([2H])c([2H])c34)nc12. The lowest BCUT2D eigenvalue weighted by Gasteiger charge is -2.15. The molecule has 264 valence electrons. The van der Waals surface area contributed by atoms with Gasteiger partial charge in [-0.25, -0.2) is 4.98 Å². The maximum absolute atomic E-state index is 10.2. The van der Waals surface area contributed by atoms with E-state index in [4.69, 9.17) is 27.7 Å². The molecule has 3 heterocycles. The van der Waals surface area contributed by atoms with Gasteiger partial charge in [0.1, 0.15) is 11.5 Å². The van der Waals surface area contributed by atoms with Gasteiger partial charge in [0.2, 0.25) is 0 Å². The summed E-state index contributed by atoms with van der Waals surface area (Å²) in [5.74, 6) is -2.17. The van der Waals surface area contributed by atoms with E-state index >= 15 is 0 Å². The van der Waals surface area contributed by atoms with Crippen molar-refractivity contribution in [3.63, 3.8) is 0 Å². The molecule has 0 N–H and O–H groups in total. The van der Waals surface area contributed by atoms with Gasteiger partial charge in [0.25, 0.3) is 0 Å². The lowest BCUT2D eigenvalue weighted by Crippen LogP contribution is -1.92. The molecular weight excluding hydrogens is 693 g/mol. The third-order valence-corrected chi connectivity index (χ3v) is 9.36. The fraction of sp³-hybridized carbons (Fsp3) is 0. The number of hydrogen-bond donors (Lipinski definition) is 0. The highest BCUT2D eigenvalue weighted by atomic mass is 16.3. The fourth-order valence-electron chi connectivity index (χ4n) is 6.97. The minimum absolute atomic E-state index is 0.416. The van der Waals surface area contributed by atoms with Gasteiger partial charge in [0.15, 0.2) is 0 Å². The first-order chi connectivity index (χ1) is 41.6. The molecule has 57 heavy (non-hydrogen) atoms. The van der Waals surface area contributed by atoms with Crippen molar-refractivity contribution in [2.24, 2.45) is 0 Å². The summed E-state index contributed by atoms with van der Waals surface area (Å²) in [5, 5.41) is -6.12. The lowest BCUT2D eigenvalue weighted by atomic mass is 9.86. The smallest absolute Gasteiger partial charge is 0.143 e. The van der Waals surface area contributed by atoms with Crippen molar-refractivity contribution in [2.75, 3.05) is 0 Å². The van der Waals surface area contributed by atoms with E-state index in [1.54, 1.807) is 0 Å². The number of benzene rings is 9. The fourth-order valence-corrected chi connectivity index (χ4v) is 6.97. The van der Waals surface area contributed by atoms with Gasteiger partial charge in [-0.2, -0.15) is 0 Å². The Morgan fingerprint density at radius 1 is 0.368 bits per heavy atom. The van der Waals surface area contributed by atoms with Crippen LogP contribution in [-0.2, 0) is 0 Å². The van der Waals surface area contributed by atoms with Crippen LogP contribution in [0.5, 0.6) is 0 Å². The summed E-state index contributed by atoms with van der Waals surface area (Å²) in [6.45, 7) is 0. The van der Waals surface area contributed by atoms with E-state index in [0.717, 1.165) is 0 Å². The van der Waals surface area contributed by atoms with E-state index < -0.39 is 315 Å². The molecule has 0 spiro atoms. The molecule has 12 rings (SSSR count).